The first kappa shape index (κ1) is 10.0. The van der Waals surface area contributed by atoms with Gasteiger partial charge in [0.05, 0.1) is 11.8 Å². The minimum atomic E-state index is -0.853. The molecule has 88 valence electrons. The highest BCUT2D eigenvalue weighted by atomic mass is 16.4. The van der Waals surface area contributed by atoms with Crippen LogP contribution in [-0.2, 0) is 17.4 Å². The van der Waals surface area contributed by atoms with Crippen molar-refractivity contribution in [2.45, 2.75) is 18.4 Å². The van der Waals surface area contributed by atoms with Crippen molar-refractivity contribution in [1.29, 1.82) is 0 Å². The Balaban J connectivity index is 2.09. The fourth-order valence-electron chi connectivity index (χ4n) is 1.96. The third-order valence-corrected chi connectivity index (χ3v) is 3.09. The molecule has 17 heavy (non-hydrogen) atoms. The van der Waals surface area contributed by atoms with E-state index >= 15 is 0 Å². The largest absolute Gasteiger partial charge is 0.479 e. The molecule has 2 aromatic heterocycles. The van der Waals surface area contributed by atoms with Crippen molar-refractivity contribution in [3.8, 4) is 11.4 Å². The highest BCUT2D eigenvalue weighted by Gasteiger charge is 2.53. The van der Waals surface area contributed by atoms with Crippen LogP contribution in [0.5, 0.6) is 0 Å². The molecule has 1 aliphatic carbocycles. The van der Waals surface area contributed by atoms with Crippen molar-refractivity contribution >= 4 is 5.97 Å². The fourth-order valence-corrected chi connectivity index (χ4v) is 1.96. The topological polar surface area (TPSA) is 85.8 Å². The van der Waals surface area contributed by atoms with Crippen molar-refractivity contribution in [2.75, 3.05) is 0 Å². The van der Waals surface area contributed by atoms with Crippen LogP contribution in [-0.4, -0.2) is 35.6 Å². The van der Waals surface area contributed by atoms with E-state index in [1.807, 2.05) is 0 Å². The summed E-state index contributed by atoms with van der Waals surface area (Å²) in [5, 5.41) is 21.1. The molecule has 0 radical (unpaired) electrons. The molecular formula is C10H11N5O2. The summed E-state index contributed by atoms with van der Waals surface area (Å²) in [6, 6.07) is 0. The number of carboxylic acid groups (broad SMARTS) is 1. The Hall–Kier alpha value is -2.18. The Labute approximate surface area is 96.7 Å². The zero-order valence-electron chi connectivity index (χ0n) is 9.24. The zero-order chi connectivity index (χ0) is 12.0. The van der Waals surface area contributed by atoms with Gasteiger partial charge in [-0.05, 0) is 12.8 Å². The number of nitrogens with zero attached hydrogens (tertiary/aromatic N) is 5. The predicted octanol–water partition coefficient (Wildman–Crippen LogP) is 0.252. The molecule has 0 bridgehead atoms. The van der Waals surface area contributed by atoms with Crippen molar-refractivity contribution in [1.82, 2.24) is 24.5 Å². The van der Waals surface area contributed by atoms with Crippen LogP contribution in [0.1, 0.15) is 12.8 Å². The number of aryl methyl sites for hydroxylation is 1. The van der Waals surface area contributed by atoms with Crippen molar-refractivity contribution in [2.24, 2.45) is 7.05 Å². The van der Waals surface area contributed by atoms with Crippen LogP contribution in [0.15, 0.2) is 18.7 Å². The van der Waals surface area contributed by atoms with Gasteiger partial charge >= 0.3 is 5.97 Å². The number of carbonyl (C=O) groups is 1. The van der Waals surface area contributed by atoms with Crippen molar-refractivity contribution in [3.63, 3.8) is 0 Å². The molecule has 1 aliphatic rings. The molecule has 1 fully saturated rings. The van der Waals surface area contributed by atoms with Gasteiger partial charge in [-0.1, -0.05) is 0 Å². The minimum absolute atomic E-state index is 0.554. The lowest BCUT2D eigenvalue weighted by Gasteiger charge is -2.12. The first-order valence-electron chi connectivity index (χ1n) is 5.26. The molecule has 0 aliphatic heterocycles. The van der Waals surface area contributed by atoms with E-state index in [0.717, 1.165) is 5.56 Å². The Morgan fingerprint density at radius 2 is 2.29 bits per heavy atom. The number of aliphatic carboxylic acids is 1. The Morgan fingerprint density at radius 1 is 1.53 bits per heavy atom. The summed E-state index contributed by atoms with van der Waals surface area (Å²) in [7, 11) is 1.80. The van der Waals surface area contributed by atoms with Crippen LogP contribution in [0.2, 0.25) is 0 Å². The highest BCUT2D eigenvalue weighted by molar-refractivity contribution is 5.81. The van der Waals surface area contributed by atoms with E-state index in [0.29, 0.717) is 18.7 Å². The molecule has 1 saturated carbocycles. The second kappa shape index (κ2) is 3.16. The zero-order valence-corrected chi connectivity index (χ0v) is 9.24. The van der Waals surface area contributed by atoms with Gasteiger partial charge in [0.1, 0.15) is 11.9 Å². The van der Waals surface area contributed by atoms with Crippen LogP contribution >= 0.6 is 0 Å². The fraction of sp³-hybridized carbons (Fsp3) is 0.400. The van der Waals surface area contributed by atoms with Crippen LogP contribution in [0.25, 0.3) is 11.4 Å². The summed E-state index contributed by atoms with van der Waals surface area (Å²) in [5.74, 6) is -0.277. The van der Waals surface area contributed by atoms with Gasteiger partial charge in [-0.25, -0.2) is 4.79 Å². The maximum Gasteiger partial charge on any atom is 0.329 e. The van der Waals surface area contributed by atoms with E-state index in [-0.39, 0.29) is 0 Å². The van der Waals surface area contributed by atoms with Gasteiger partial charge in [0, 0.05) is 13.2 Å². The molecule has 0 aromatic carbocycles. The van der Waals surface area contributed by atoms with Gasteiger partial charge in [-0.15, -0.1) is 10.2 Å². The summed E-state index contributed by atoms with van der Waals surface area (Å²) in [6.07, 6.45) is 6.15. The second-order valence-electron chi connectivity index (χ2n) is 4.26. The summed E-state index contributed by atoms with van der Waals surface area (Å²) in [6.45, 7) is 0. The van der Waals surface area contributed by atoms with Crippen molar-refractivity contribution < 1.29 is 9.90 Å². The monoisotopic (exact) mass is 233 g/mol. The number of hydrogen-bond donors (Lipinski definition) is 1. The molecule has 2 heterocycles. The van der Waals surface area contributed by atoms with Gasteiger partial charge in [0.25, 0.3) is 0 Å². The van der Waals surface area contributed by atoms with Crippen LogP contribution in [0.4, 0.5) is 0 Å². The molecule has 0 unspecified atom stereocenters. The number of hydrogen-bond acceptors (Lipinski definition) is 4. The van der Waals surface area contributed by atoms with E-state index < -0.39 is 11.5 Å². The standard InChI is InChI=1S/C10H11N5O2/c1-14-5-7(4-12-14)8-13-11-6-15(8)10(2-3-10)9(16)17/h4-6H,2-3H2,1H3,(H,16,17). The third kappa shape index (κ3) is 1.35. The smallest absolute Gasteiger partial charge is 0.329 e. The maximum atomic E-state index is 11.3. The van der Waals surface area contributed by atoms with E-state index in [1.54, 1.807) is 28.7 Å². The Morgan fingerprint density at radius 3 is 2.82 bits per heavy atom. The lowest BCUT2D eigenvalue weighted by molar-refractivity contribution is -0.142. The van der Waals surface area contributed by atoms with Gasteiger partial charge in [0.2, 0.25) is 0 Å². The van der Waals surface area contributed by atoms with Crippen molar-refractivity contribution in [3.05, 3.63) is 18.7 Å². The molecule has 0 amide bonds. The van der Waals surface area contributed by atoms with Gasteiger partial charge in [0.15, 0.2) is 5.82 Å². The lowest BCUT2D eigenvalue weighted by atomic mass is 10.2. The van der Waals surface area contributed by atoms with E-state index in [1.165, 1.54) is 6.33 Å². The van der Waals surface area contributed by atoms with Gasteiger partial charge in [-0.3, -0.25) is 9.25 Å². The molecule has 0 spiro atoms. The second-order valence-corrected chi connectivity index (χ2v) is 4.26. The maximum absolute atomic E-state index is 11.3. The highest BCUT2D eigenvalue weighted by Crippen LogP contribution is 2.45. The average molecular weight is 233 g/mol. The Bertz CT molecular complexity index is 581. The first-order valence-corrected chi connectivity index (χ1v) is 5.26. The summed E-state index contributed by atoms with van der Waals surface area (Å²) >= 11 is 0. The number of carboxylic acids is 1. The van der Waals surface area contributed by atoms with Crippen LogP contribution in [0.3, 0.4) is 0 Å². The minimum Gasteiger partial charge on any atom is -0.479 e. The normalized spacial score (nSPS) is 17.0. The lowest BCUT2D eigenvalue weighted by Crippen LogP contribution is -2.27. The molecular weight excluding hydrogens is 222 g/mol. The van der Waals surface area contributed by atoms with E-state index in [9.17, 15) is 9.90 Å². The van der Waals surface area contributed by atoms with Crippen LogP contribution < -0.4 is 0 Å². The van der Waals surface area contributed by atoms with E-state index in [4.69, 9.17) is 0 Å². The summed E-state index contributed by atoms with van der Waals surface area (Å²) < 4.78 is 3.28. The molecule has 2 aromatic rings. The van der Waals surface area contributed by atoms with Crippen LogP contribution in [0, 0.1) is 0 Å². The molecule has 3 rings (SSSR count). The summed E-state index contributed by atoms with van der Waals surface area (Å²) in [4.78, 5) is 11.3. The molecule has 1 N–H and O–H groups in total. The molecule has 7 heteroatoms. The van der Waals surface area contributed by atoms with Gasteiger partial charge in [-0.2, -0.15) is 5.10 Å². The number of aromatic nitrogens is 5. The molecule has 0 saturated heterocycles. The molecule has 7 nitrogen and oxygen atoms in total. The predicted molar refractivity (Wildman–Crippen MR) is 57.1 cm³/mol. The summed E-state index contributed by atoms with van der Waals surface area (Å²) in [5.41, 5.74) is -0.0770. The first-order chi connectivity index (χ1) is 8.13. The van der Waals surface area contributed by atoms with E-state index in [2.05, 4.69) is 15.3 Å². The molecule has 0 atom stereocenters. The SMILES string of the molecule is Cn1cc(-c2nncn2C2(C(=O)O)CC2)cn1. The average Bonchev–Trinajstić information content (AvgIpc) is 2.76. The Kier molecular flexibility index (Phi) is 1.86. The third-order valence-electron chi connectivity index (χ3n) is 3.09. The van der Waals surface area contributed by atoms with Gasteiger partial charge < -0.3 is 5.11 Å². The number of rotatable bonds is 3. The quantitative estimate of drug-likeness (QED) is 0.821.